The van der Waals surface area contributed by atoms with E-state index in [0.717, 1.165) is 26.0 Å². The van der Waals surface area contributed by atoms with Gasteiger partial charge in [0.1, 0.15) is 0 Å². The monoisotopic (exact) mass is 329 g/mol. The molecule has 0 aliphatic rings. The summed E-state index contributed by atoms with van der Waals surface area (Å²) in [4.78, 5) is 0. The number of hydrogen-bond acceptors (Lipinski definition) is 1. The summed E-state index contributed by atoms with van der Waals surface area (Å²) >= 11 is 0. The van der Waals surface area contributed by atoms with E-state index in [-0.39, 0.29) is 0 Å². The molecule has 0 aliphatic heterocycles. The first-order valence-corrected chi connectivity index (χ1v) is 11.5. The van der Waals surface area contributed by atoms with Gasteiger partial charge in [-0.1, -0.05) is 51.1 Å². The Labute approximate surface area is 142 Å². The van der Waals surface area contributed by atoms with Gasteiger partial charge in [0.15, 0.2) is 8.32 Å². The van der Waals surface area contributed by atoms with E-state index in [2.05, 4.69) is 87.1 Å². The Morgan fingerprint density at radius 2 is 1.70 bits per heavy atom. The maximum atomic E-state index is 6.28. The van der Waals surface area contributed by atoms with Crippen molar-refractivity contribution in [1.82, 2.24) is 4.57 Å². The number of aromatic nitrogens is 1. The molecule has 1 aromatic heterocycles. The van der Waals surface area contributed by atoms with Crippen LogP contribution in [0, 0.1) is 0 Å². The van der Waals surface area contributed by atoms with E-state index in [1.54, 1.807) is 0 Å². The van der Waals surface area contributed by atoms with Crippen LogP contribution in [0.2, 0.25) is 18.1 Å². The average Bonchev–Trinajstić information content (AvgIpc) is 2.91. The summed E-state index contributed by atoms with van der Waals surface area (Å²) < 4.78 is 8.63. The fourth-order valence-corrected chi connectivity index (χ4v) is 3.50. The number of nitrogens with zero attached hydrogens (tertiary/aromatic N) is 1. The fraction of sp³-hybridized carbons (Fsp3) is 0.500. The van der Waals surface area contributed by atoms with Gasteiger partial charge in [-0.05, 0) is 48.7 Å². The van der Waals surface area contributed by atoms with Crippen LogP contribution in [0.25, 0.3) is 0 Å². The molecule has 0 saturated heterocycles. The molecule has 0 aliphatic carbocycles. The van der Waals surface area contributed by atoms with Crippen LogP contribution in [-0.4, -0.2) is 19.5 Å². The summed E-state index contributed by atoms with van der Waals surface area (Å²) in [7, 11) is -1.61. The van der Waals surface area contributed by atoms with Crippen LogP contribution >= 0.6 is 0 Å². The van der Waals surface area contributed by atoms with E-state index in [4.69, 9.17) is 4.43 Å². The molecular formula is C20H31NOSi. The van der Waals surface area contributed by atoms with Crippen molar-refractivity contribution in [2.45, 2.75) is 58.3 Å². The predicted molar refractivity (Wildman–Crippen MR) is 101 cm³/mol. The lowest BCUT2D eigenvalue weighted by molar-refractivity contribution is 0.281. The van der Waals surface area contributed by atoms with Gasteiger partial charge < -0.3 is 8.99 Å². The first kappa shape index (κ1) is 18.0. The van der Waals surface area contributed by atoms with Crippen LogP contribution in [0.5, 0.6) is 0 Å². The van der Waals surface area contributed by atoms with E-state index < -0.39 is 8.32 Å². The lowest BCUT2D eigenvalue weighted by Gasteiger charge is -2.36. The van der Waals surface area contributed by atoms with Crippen molar-refractivity contribution in [3.63, 3.8) is 0 Å². The lowest BCUT2D eigenvalue weighted by atomic mass is 10.2. The van der Waals surface area contributed by atoms with Crippen LogP contribution in [0.1, 0.15) is 38.4 Å². The van der Waals surface area contributed by atoms with Crippen molar-refractivity contribution >= 4 is 8.32 Å². The minimum Gasteiger partial charge on any atom is -0.417 e. The molecule has 1 heterocycles. The Morgan fingerprint density at radius 1 is 1.00 bits per heavy atom. The number of aryl methyl sites for hydroxylation is 1. The first-order chi connectivity index (χ1) is 10.8. The third kappa shape index (κ3) is 5.08. The number of benzene rings is 1. The third-order valence-electron chi connectivity index (χ3n) is 4.97. The van der Waals surface area contributed by atoms with Crippen molar-refractivity contribution in [3.8, 4) is 0 Å². The van der Waals surface area contributed by atoms with Crippen molar-refractivity contribution in [2.75, 3.05) is 6.61 Å². The second-order valence-corrected chi connectivity index (χ2v) is 12.6. The Kier molecular flexibility index (Phi) is 5.87. The zero-order chi connectivity index (χ0) is 16.9. The fourth-order valence-electron chi connectivity index (χ4n) is 2.41. The normalized spacial score (nSPS) is 12.6. The number of rotatable bonds is 7. The van der Waals surface area contributed by atoms with Gasteiger partial charge in [-0.3, -0.25) is 0 Å². The maximum Gasteiger partial charge on any atom is 0.191 e. The van der Waals surface area contributed by atoms with Gasteiger partial charge in [0.2, 0.25) is 0 Å². The summed E-state index contributed by atoms with van der Waals surface area (Å²) in [5.41, 5.74) is 2.75. The van der Waals surface area contributed by atoms with Crippen LogP contribution < -0.4 is 0 Å². The van der Waals surface area contributed by atoms with Gasteiger partial charge >= 0.3 is 0 Å². The minimum absolute atomic E-state index is 0.292. The molecule has 0 radical (unpaired) electrons. The molecule has 3 heteroatoms. The standard InChI is InChI=1S/C20H31NOSi/c1-20(2,3)23(4,5)22-16-10-14-19-13-9-15-21(19)17-18-11-7-6-8-12-18/h6-9,11-13,15H,10,14,16-17H2,1-5H3. The van der Waals surface area contributed by atoms with E-state index in [1.165, 1.54) is 11.3 Å². The highest BCUT2D eigenvalue weighted by molar-refractivity contribution is 6.74. The summed E-state index contributed by atoms with van der Waals surface area (Å²) in [5.74, 6) is 0. The largest absolute Gasteiger partial charge is 0.417 e. The zero-order valence-electron chi connectivity index (χ0n) is 15.3. The molecule has 2 nitrogen and oxygen atoms in total. The van der Waals surface area contributed by atoms with Crippen LogP contribution in [0.3, 0.4) is 0 Å². The highest BCUT2D eigenvalue weighted by Gasteiger charge is 2.36. The topological polar surface area (TPSA) is 14.2 Å². The van der Waals surface area contributed by atoms with Crippen LogP contribution in [0.15, 0.2) is 48.7 Å². The van der Waals surface area contributed by atoms with Gasteiger partial charge in [-0.2, -0.15) is 0 Å². The molecular weight excluding hydrogens is 298 g/mol. The molecule has 0 fully saturated rings. The molecule has 2 aromatic rings. The molecule has 0 N–H and O–H groups in total. The Hall–Kier alpha value is -1.32. The molecule has 0 amide bonds. The Morgan fingerprint density at radius 3 is 2.35 bits per heavy atom. The molecule has 0 spiro atoms. The highest BCUT2D eigenvalue weighted by atomic mass is 28.4. The summed E-state index contributed by atoms with van der Waals surface area (Å²) in [6.45, 7) is 13.4. The Balaban J connectivity index is 1.85. The molecule has 126 valence electrons. The van der Waals surface area contributed by atoms with Crippen molar-refractivity contribution < 1.29 is 4.43 Å². The quantitative estimate of drug-likeness (QED) is 0.484. The maximum absolute atomic E-state index is 6.28. The van der Waals surface area contributed by atoms with Crippen molar-refractivity contribution in [2.24, 2.45) is 0 Å². The third-order valence-corrected chi connectivity index (χ3v) is 9.50. The number of hydrogen-bond donors (Lipinski definition) is 0. The van der Waals surface area contributed by atoms with Gasteiger partial charge in [-0.25, -0.2) is 0 Å². The molecule has 0 bridgehead atoms. The van der Waals surface area contributed by atoms with Crippen molar-refractivity contribution in [3.05, 3.63) is 59.9 Å². The molecule has 0 saturated carbocycles. The van der Waals surface area contributed by atoms with Gasteiger partial charge in [0.05, 0.1) is 0 Å². The molecule has 23 heavy (non-hydrogen) atoms. The van der Waals surface area contributed by atoms with Gasteiger partial charge in [0, 0.05) is 25.0 Å². The van der Waals surface area contributed by atoms with Gasteiger partial charge in [-0.15, -0.1) is 0 Å². The minimum atomic E-state index is -1.61. The van der Waals surface area contributed by atoms with E-state index >= 15 is 0 Å². The molecule has 2 rings (SSSR count). The molecule has 0 atom stereocenters. The predicted octanol–water partition coefficient (Wildman–Crippen LogP) is 5.49. The summed E-state index contributed by atoms with van der Waals surface area (Å²) in [5, 5.41) is 0.292. The van der Waals surface area contributed by atoms with Crippen molar-refractivity contribution in [1.29, 1.82) is 0 Å². The second kappa shape index (κ2) is 7.50. The smallest absolute Gasteiger partial charge is 0.191 e. The van der Waals surface area contributed by atoms with Crippen LogP contribution in [0.4, 0.5) is 0 Å². The van der Waals surface area contributed by atoms with Crippen LogP contribution in [-0.2, 0) is 17.4 Å². The summed E-state index contributed by atoms with van der Waals surface area (Å²) in [6.07, 6.45) is 4.34. The average molecular weight is 330 g/mol. The SMILES string of the molecule is CC(C)(C)[Si](C)(C)OCCCc1cccn1Cc1ccccc1. The highest BCUT2D eigenvalue weighted by Crippen LogP contribution is 2.36. The molecule has 0 unspecified atom stereocenters. The zero-order valence-corrected chi connectivity index (χ0v) is 16.3. The first-order valence-electron chi connectivity index (χ1n) is 8.61. The second-order valence-electron chi connectivity index (χ2n) is 7.83. The molecule has 1 aromatic carbocycles. The van der Waals surface area contributed by atoms with Gasteiger partial charge in [0.25, 0.3) is 0 Å². The Bertz CT molecular complexity index is 596. The van der Waals surface area contributed by atoms with E-state index in [0.29, 0.717) is 5.04 Å². The summed E-state index contributed by atoms with van der Waals surface area (Å²) in [6, 6.07) is 15.0. The van der Waals surface area contributed by atoms with E-state index in [1.807, 2.05) is 0 Å². The van der Waals surface area contributed by atoms with E-state index in [9.17, 15) is 0 Å². The lowest BCUT2D eigenvalue weighted by Crippen LogP contribution is -2.41.